The molecular formula is C21H17N3O3. The predicted molar refractivity (Wildman–Crippen MR) is 101 cm³/mol. The first-order valence-corrected chi connectivity index (χ1v) is 8.49. The Morgan fingerprint density at radius 3 is 2.56 bits per heavy atom. The molecule has 6 heteroatoms. The summed E-state index contributed by atoms with van der Waals surface area (Å²) in [6, 6.07) is 18.9. The van der Waals surface area contributed by atoms with Crippen molar-refractivity contribution in [3.63, 3.8) is 0 Å². The summed E-state index contributed by atoms with van der Waals surface area (Å²) in [4.78, 5) is 12.2. The molecule has 4 rings (SSSR count). The standard InChI is InChI=1S/C21H17N3O3/c1-14-16(11-12-27-14)20(25)23-22-19-17-9-5-6-10-18(17)24(21(19)26)13-15-7-3-2-4-8-15/h2-12,26H,13H2,1H3. The number of carbonyl (C=O) groups excluding carboxylic acids is 1. The van der Waals surface area contributed by atoms with Crippen LogP contribution in [-0.4, -0.2) is 15.6 Å². The van der Waals surface area contributed by atoms with Crippen LogP contribution in [0.1, 0.15) is 21.7 Å². The van der Waals surface area contributed by atoms with Gasteiger partial charge in [0, 0.05) is 5.39 Å². The van der Waals surface area contributed by atoms with Crippen LogP contribution in [0.5, 0.6) is 5.88 Å². The van der Waals surface area contributed by atoms with Gasteiger partial charge in [-0.25, -0.2) is 0 Å². The number of aromatic nitrogens is 1. The highest BCUT2D eigenvalue weighted by Gasteiger charge is 2.17. The molecule has 2 aromatic carbocycles. The number of amides is 1. The summed E-state index contributed by atoms with van der Waals surface area (Å²) in [6.45, 7) is 2.17. The molecule has 0 aliphatic heterocycles. The number of aryl methyl sites for hydroxylation is 1. The molecule has 0 aliphatic rings. The summed E-state index contributed by atoms with van der Waals surface area (Å²) in [5.41, 5.74) is 2.49. The van der Waals surface area contributed by atoms with Gasteiger partial charge in [-0.1, -0.05) is 48.5 Å². The molecule has 134 valence electrons. The molecular weight excluding hydrogens is 342 g/mol. The lowest BCUT2D eigenvalue weighted by molar-refractivity contribution is 0.0993. The third-order valence-corrected chi connectivity index (χ3v) is 4.43. The fourth-order valence-corrected chi connectivity index (χ4v) is 3.05. The molecule has 2 aromatic heterocycles. The summed E-state index contributed by atoms with van der Waals surface area (Å²) in [6.07, 6.45) is 1.43. The maximum Gasteiger partial charge on any atom is 0.298 e. The Morgan fingerprint density at radius 1 is 1.07 bits per heavy atom. The van der Waals surface area contributed by atoms with Crippen LogP contribution in [0.4, 0.5) is 5.69 Å². The Hall–Kier alpha value is -3.67. The molecule has 0 radical (unpaired) electrons. The monoisotopic (exact) mass is 359 g/mol. The number of azo groups is 1. The van der Waals surface area contributed by atoms with Gasteiger partial charge in [0.05, 0.1) is 23.9 Å². The summed E-state index contributed by atoms with van der Waals surface area (Å²) >= 11 is 0. The number of rotatable bonds is 4. The van der Waals surface area contributed by atoms with Crippen LogP contribution in [0.3, 0.4) is 0 Å². The molecule has 0 unspecified atom stereocenters. The number of para-hydroxylation sites is 1. The minimum atomic E-state index is -0.513. The molecule has 0 saturated carbocycles. The van der Waals surface area contributed by atoms with Gasteiger partial charge in [-0.3, -0.25) is 4.79 Å². The van der Waals surface area contributed by atoms with Gasteiger partial charge in [0.1, 0.15) is 5.76 Å². The smallest absolute Gasteiger partial charge is 0.298 e. The number of nitrogens with zero attached hydrogens (tertiary/aromatic N) is 3. The second-order valence-corrected chi connectivity index (χ2v) is 6.16. The van der Waals surface area contributed by atoms with Gasteiger partial charge in [0.15, 0.2) is 5.69 Å². The first-order chi connectivity index (χ1) is 13.1. The van der Waals surface area contributed by atoms with Gasteiger partial charge in [0.2, 0.25) is 5.88 Å². The van der Waals surface area contributed by atoms with Crippen molar-refractivity contribution < 1.29 is 14.3 Å². The van der Waals surface area contributed by atoms with Crippen molar-refractivity contribution >= 4 is 22.5 Å². The number of benzene rings is 2. The fraction of sp³-hybridized carbons (Fsp3) is 0.0952. The van der Waals surface area contributed by atoms with Gasteiger partial charge in [-0.2, -0.15) is 0 Å². The fourth-order valence-electron chi connectivity index (χ4n) is 3.05. The zero-order valence-corrected chi connectivity index (χ0v) is 14.7. The highest BCUT2D eigenvalue weighted by molar-refractivity contribution is 5.97. The first-order valence-electron chi connectivity index (χ1n) is 8.49. The number of fused-ring (bicyclic) bond motifs is 1. The quantitative estimate of drug-likeness (QED) is 0.507. The molecule has 0 atom stereocenters. The van der Waals surface area contributed by atoms with E-state index in [0.29, 0.717) is 17.9 Å². The third-order valence-electron chi connectivity index (χ3n) is 4.43. The number of furan rings is 1. The predicted octanol–water partition coefficient (Wildman–Crippen LogP) is 5.22. The maximum absolute atomic E-state index is 12.2. The Labute approximate surface area is 155 Å². The van der Waals surface area contributed by atoms with Crippen molar-refractivity contribution in [3.8, 4) is 5.88 Å². The Kier molecular flexibility index (Phi) is 4.30. The van der Waals surface area contributed by atoms with Crippen molar-refractivity contribution in [2.75, 3.05) is 0 Å². The highest BCUT2D eigenvalue weighted by atomic mass is 16.3. The molecule has 0 spiro atoms. The zero-order valence-electron chi connectivity index (χ0n) is 14.7. The van der Waals surface area contributed by atoms with Crippen molar-refractivity contribution in [2.45, 2.75) is 13.5 Å². The van der Waals surface area contributed by atoms with E-state index in [1.54, 1.807) is 17.6 Å². The Bertz CT molecular complexity index is 1140. The second-order valence-electron chi connectivity index (χ2n) is 6.16. The number of hydrogen-bond donors (Lipinski definition) is 1. The molecule has 0 saturated heterocycles. The van der Waals surface area contributed by atoms with Gasteiger partial charge >= 0.3 is 0 Å². The number of hydrogen-bond acceptors (Lipinski definition) is 4. The van der Waals surface area contributed by atoms with E-state index in [9.17, 15) is 9.90 Å². The summed E-state index contributed by atoms with van der Waals surface area (Å²) in [7, 11) is 0. The minimum Gasteiger partial charge on any atom is -0.493 e. The van der Waals surface area contributed by atoms with Crippen molar-refractivity contribution in [1.29, 1.82) is 0 Å². The van der Waals surface area contributed by atoms with Crippen molar-refractivity contribution in [3.05, 3.63) is 83.8 Å². The van der Waals surface area contributed by atoms with E-state index >= 15 is 0 Å². The molecule has 2 heterocycles. The van der Waals surface area contributed by atoms with E-state index in [1.807, 2.05) is 54.6 Å². The lowest BCUT2D eigenvalue weighted by Crippen LogP contribution is -1.98. The topological polar surface area (TPSA) is 80.1 Å². The molecule has 0 aliphatic carbocycles. The Morgan fingerprint density at radius 2 is 1.81 bits per heavy atom. The van der Waals surface area contributed by atoms with Crippen LogP contribution in [0.25, 0.3) is 10.9 Å². The molecule has 0 bridgehead atoms. The molecule has 1 N–H and O–H groups in total. The van der Waals surface area contributed by atoms with E-state index in [2.05, 4.69) is 10.2 Å². The zero-order chi connectivity index (χ0) is 18.8. The molecule has 6 nitrogen and oxygen atoms in total. The van der Waals surface area contributed by atoms with E-state index in [4.69, 9.17) is 4.42 Å². The highest BCUT2D eigenvalue weighted by Crippen LogP contribution is 2.39. The molecule has 0 fully saturated rings. The summed E-state index contributed by atoms with van der Waals surface area (Å²) < 4.78 is 6.88. The number of aromatic hydroxyl groups is 1. The van der Waals surface area contributed by atoms with Crippen molar-refractivity contribution in [1.82, 2.24) is 4.57 Å². The lowest BCUT2D eigenvalue weighted by atomic mass is 10.2. The second kappa shape index (κ2) is 6.92. The van der Waals surface area contributed by atoms with E-state index in [-0.39, 0.29) is 11.6 Å². The van der Waals surface area contributed by atoms with Crippen LogP contribution in [-0.2, 0) is 6.54 Å². The molecule has 27 heavy (non-hydrogen) atoms. The van der Waals surface area contributed by atoms with Crippen LogP contribution < -0.4 is 0 Å². The van der Waals surface area contributed by atoms with E-state index in [0.717, 1.165) is 16.5 Å². The average Bonchev–Trinajstić information content (AvgIpc) is 3.23. The van der Waals surface area contributed by atoms with Gasteiger partial charge in [-0.15, -0.1) is 10.2 Å². The van der Waals surface area contributed by atoms with Crippen LogP contribution >= 0.6 is 0 Å². The maximum atomic E-state index is 12.2. The third kappa shape index (κ3) is 3.13. The van der Waals surface area contributed by atoms with Crippen LogP contribution in [0, 0.1) is 6.92 Å². The van der Waals surface area contributed by atoms with Crippen molar-refractivity contribution in [2.24, 2.45) is 10.2 Å². The average molecular weight is 359 g/mol. The lowest BCUT2D eigenvalue weighted by Gasteiger charge is -2.06. The van der Waals surface area contributed by atoms with Crippen LogP contribution in [0.2, 0.25) is 0 Å². The van der Waals surface area contributed by atoms with E-state index in [1.165, 1.54) is 6.26 Å². The largest absolute Gasteiger partial charge is 0.493 e. The Balaban J connectivity index is 1.75. The van der Waals surface area contributed by atoms with Gasteiger partial charge in [-0.05, 0) is 24.6 Å². The minimum absolute atomic E-state index is 0.0273. The van der Waals surface area contributed by atoms with Gasteiger partial charge < -0.3 is 14.1 Å². The van der Waals surface area contributed by atoms with E-state index < -0.39 is 5.91 Å². The normalized spacial score (nSPS) is 11.4. The van der Waals surface area contributed by atoms with Crippen LogP contribution in [0.15, 0.2) is 81.6 Å². The molecule has 4 aromatic rings. The summed E-state index contributed by atoms with van der Waals surface area (Å²) in [5.74, 6) is -0.0595. The summed E-state index contributed by atoms with van der Waals surface area (Å²) in [5, 5.41) is 19.3. The van der Waals surface area contributed by atoms with Gasteiger partial charge in [0.25, 0.3) is 5.91 Å². The SMILES string of the molecule is Cc1occc1C(=O)N=Nc1c(O)n(Cc2ccccc2)c2ccccc12. The first kappa shape index (κ1) is 16.8. The number of carbonyl (C=O) groups is 1. The molecule has 1 amide bonds.